The Hall–Kier alpha value is -1.01. The minimum Gasteiger partial charge on any atom is -0.250 e. The van der Waals surface area contributed by atoms with E-state index >= 15 is 0 Å². The second-order valence-electron chi connectivity index (χ2n) is 1.77. The molecule has 1 heterocycles. The van der Waals surface area contributed by atoms with Crippen LogP contribution in [0.2, 0.25) is 0 Å². The van der Waals surface area contributed by atoms with Crippen LogP contribution in [0.4, 0.5) is 4.39 Å². The van der Waals surface area contributed by atoms with Gasteiger partial charge in [0.25, 0.3) is 0 Å². The fourth-order valence-corrected chi connectivity index (χ4v) is 1.12. The Morgan fingerprint density at radius 1 is 1.64 bits per heavy atom. The van der Waals surface area contributed by atoms with Crippen molar-refractivity contribution < 1.29 is 4.39 Å². The van der Waals surface area contributed by atoms with E-state index in [1.807, 2.05) is 5.92 Å². The Morgan fingerprint density at radius 3 is 3.00 bits per heavy atom. The lowest BCUT2D eigenvalue weighted by Crippen LogP contribution is -1.88. The van der Waals surface area contributed by atoms with Crippen LogP contribution >= 0.6 is 11.8 Å². The summed E-state index contributed by atoms with van der Waals surface area (Å²) >= 11 is 0.930. The first-order valence-electron chi connectivity index (χ1n) is 3.01. The number of aromatic nitrogens is 1. The Balaban J connectivity index is 2.60. The number of thioether (sulfide) groups is 1. The Labute approximate surface area is 69.0 Å². The first-order valence-corrected chi connectivity index (χ1v) is 3.89. The van der Waals surface area contributed by atoms with Gasteiger partial charge in [0.15, 0.2) is 0 Å². The van der Waals surface area contributed by atoms with Gasteiger partial charge in [0.1, 0.15) is 0 Å². The molecule has 0 bridgehead atoms. The summed E-state index contributed by atoms with van der Waals surface area (Å²) < 4.78 is 12.5. The lowest BCUT2D eigenvalue weighted by atomic mass is 10.5. The molecule has 11 heavy (non-hydrogen) atoms. The normalized spacial score (nSPS) is 12.0. The number of alkyl halides is 1. The molecule has 1 unspecified atom stereocenters. The summed E-state index contributed by atoms with van der Waals surface area (Å²) in [5.74, 6) is 1.97. The second-order valence-corrected chi connectivity index (χ2v) is 2.84. The minimum absolute atomic E-state index is 0.609. The van der Waals surface area contributed by atoms with E-state index in [9.17, 15) is 4.39 Å². The number of nitrogens with zero attached hydrogens (tertiary/aromatic N) is 1. The molecular weight excluding hydrogens is 161 g/mol. The van der Waals surface area contributed by atoms with Crippen LogP contribution in [0.15, 0.2) is 29.4 Å². The largest absolute Gasteiger partial charge is 0.250 e. The third-order valence-corrected chi connectivity index (χ3v) is 1.82. The van der Waals surface area contributed by atoms with Crippen LogP contribution in [0.25, 0.3) is 0 Å². The van der Waals surface area contributed by atoms with Crippen molar-refractivity contribution in [1.29, 1.82) is 0 Å². The fourth-order valence-electron chi connectivity index (χ4n) is 0.557. The molecule has 0 N–H and O–H groups in total. The van der Waals surface area contributed by atoms with Crippen molar-refractivity contribution in [2.45, 2.75) is 10.5 Å². The fraction of sp³-hybridized carbons (Fsp3) is 0.125. The molecule has 1 aromatic heterocycles. The molecule has 1 rings (SSSR count). The topological polar surface area (TPSA) is 12.9 Å². The van der Waals surface area contributed by atoms with Crippen molar-refractivity contribution in [2.75, 3.05) is 0 Å². The minimum atomic E-state index is -1.30. The zero-order chi connectivity index (χ0) is 8.10. The van der Waals surface area contributed by atoms with Gasteiger partial charge < -0.3 is 0 Å². The van der Waals surface area contributed by atoms with E-state index in [1.54, 1.807) is 24.4 Å². The van der Waals surface area contributed by atoms with Gasteiger partial charge in [0, 0.05) is 6.20 Å². The first-order chi connectivity index (χ1) is 5.33. The molecule has 0 aliphatic rings. The van der Waals surface area contributed by atoms with Crippen molar-refractivity contribution in [3.05, 3.63) is 24.4 Å². The monoisotopic (exact) mass is 167 g/mol. The van der Waals surface area contributed by atoms with E-state index in [2.05, 4.69) is 4.98 Å². The summed E-state index contributed by atoms with van der Waals surface area (Å²) in [6, 6.07) is 5.28. The molecule has 56 valence electrons. The first kappa shape index (κ1) is 8.09. The predicted molar refractivity (Wildman–Crippen MR) is 43.8 cm³/mol. The number of hydrogen-bond donors (Lipinski definition) is 0. The maximum atomic E-state index is 12.5. The lowest BCUT2D eigenvalue weighted by Gasteiger charge is -1.97. The number of rotatable bonds is 2. The molecule has 0 fully saturated rings. The average molecular weight is 167 g/mol. The van der Waals surface area contributed by atoms with Gasteiger partial charge in [-0.1, -0.05) is 23.7 Å². The maximum absolute atomic E-state index is 12.5. The van der Waals surface area contributed by atoms with E-state index in [4.69, 9.17) is 6.42 Å². The van der Waals surface area contributed by atoms with Gasteiger partial charge in [0.2, 0.25) is 5.50 Å². The molecule has 3 heteroatoms. The van der Waals surface area contributed by atoms with Gasteiger partial charge >= 0.3 is 0 Å². The van der Waals surface area contributed by atoms with Gasteiger partial charge in [-0.2, -0.15) is 0 Å². The van der Waals surface area contributed by atoms with Crippen LogP contribution in [0.5, 0.6) is 0 Å². The summed E-state index contributed by atoms with van der Waals surface area (Å²) in [5.41, 5.74) is -1.30. The maximum Gasteiger partial charge on any atom is 0.212 e. The van der Waals surface area contributed by atoms with Crippen molar-refractivity contribution in [1.82, 2.24) is 4.98 Å². The van der Waals surface area contributed by atoms with Gasteiger partial charge in [-0.25, -0.2) is 9.37 Å². The molecule has 1 aromatic rings. The quantitative estimate of drug-likeness (QED) is 0.494. The molecule has 0 aliphatic carbocycles. The molecule has 1 nitrogen and oxygen atoms in total. The highest BCUT2D eigenvalue weighted by Crippen LogP contribution is 2.20. The van der Waals surface area contributed by atoms with Gasteiger partial charge in [-0.3, -0.25) is 0 Å². The smallest absolute Gasteiger partial charge is 0.212 e. The highest BCUT2D eigenvalue weighted by molar-refractivity contribution is 7.99. The van der Waals surface area contributed by atoms with Gasteiger partial charge in [0.05, 0.1) is 5.03 Å². The van der Waals surface area contributed by atoms with Crippen LogP contribution in [0.3, 0.4) is 0 Å². The van der Waals surface area contributed by atoms with Crippen LogP contribution in [-0.4, -0.2) is 10.5 Å². The summed E-state index contributed by atoms with van der Waals surface area (Å²) in [6.07, 6.45) is 6.45. The number of terminal acetylenes is 1. The molecule has 0 saturated heterocycles. The Kier molecular flexibility index (Phi) is 2.94. The lowest BCUT2D eigenvalue weighted by molar-refractivity contribution is 0.532. The second kappa shape index (κ2) is 3.99. The van der Waals surface area contributed by atoms with Crippen LogP contribution in [-0.2, 0) is 0 Å². The van der Waals surface area contributed by atoms with Crippen LogP contribution in [0, 0.1) is 12.3 Å². The molecule has 0 aliphatic heterocycles. The molecule has 0 radical (unpaired) electrons. The van der Waals surface area contributed by atoms with Crippen molar-refractivity contribution in [2.24, 2.45) is 0 Å². The highest BCUT2D eigenvalue weighted by atomic mass is 32.2. The predicted octanol–water partition coefficient (Wildman–Crippen LogP) is 2.10. The van der Waals surface area contributed by atoms with Crippen molar-refractivity contribution in [3.63, 3.8) is 0 Å². The molecule has 0 spiro atoms. The molecule has 1 atom stereocenters. The Morgan fingerprint density at radius 2 is 2.45 bits per heavy atom. The number of pyridine rings is 1. The molecule has 0 saturated carbocycles. The summed E-state index contributed by atoms with van der Waals surface area (Å²) in [4.78, 5) is 3.89. The van der Waals surface area contributed by atoms with Gasteiger partial charge in [-0.05, 0) is 12.1 Å². The summed E-state index contributed by atoms with van der Waals surface area (Å²) in [7, 11) is 0. The zero-order valence-corrected chi connectivity index (χ0v) is 6.51. The third-order valence-electron chi connectivity index (χ3n) is 0.993. The van der Waals surface area contributed by atoms with E-state index < -0.39 is 5.50 Å². The number of hydrogen-bond acceptors (Lipinski definition) is 2. The van der Waals surface area contributed by atoms with E-state index in [1.165, 1.54) is 0 Å². The average Bonchev–Trinajstić information content (AvgIpc) is 2.06. The van der Waals surface area contributed by atoms with Gasteiger partial charge in [-0.15, -0.1) is 6.42 Å². The van der Waals surface area contributed by atoms with E-state index in [0.717, 1.165) is 11.8 Å². The van der Waals surface area contributed by atoms with Crippen LogP contribution < -0.4 is 0 Å². The summed E-state index contributed by atoms with van der Waals surface area (Å²) in [6.45, 7) is 0. The van der Waals surface area contributed by atoms with E-state index in [-0.39, 0.29) is 0 Å². The number of halogens is 1. The summed E-state index contributed by atoms with van der Waals surface area (Å²) in [5, 5.41) is 0.609. The molecule has 0 aromatic carbocycles. The zero-order valence-electron chi connectivity index (χ0n) is 5.70. The molecular formula is C8H6FNS. The van der Waals surface area contributed by atoms with Crippen molar-refractivity contribution >= 4 is 11.8 Å². The SMILES string of the molecule is C#CC(F)Sc1ccccn1. The standard InChI is InChI=1S/C8H6FNS/c1-2-7(9)11-8-5-3-4-6-10-8/h1,3-7H. The highest BCUT2D eigenvalue weighted by Gasteiger charge is 2.03. The van der Waals surface area contributed by atoms with Crippen LogP contribution in [0.1, 0.15) is 0 Å². The molecule has 0 amide bonds. The van der Waals surface area contributed by atoms with Crippen molar-refractivity contribution in [3.8, 4) is 12.3 Å². The van der Waals surface area contributed by atoms with E-state index in [0.29, 0.717) is 5.03 Å². The third kappa shape index (κ3) is 2.60. The Bertz CT molecular complexity index is 255.